The van der Waals surface area contributed by atoms with Gasteiger partial charge in [-0.3, -0.25) is 9.59 Å². The van der Waals surface area contributed by atoms with Gasteiger partial charge in [0.05, 0.1) is 6.54 Å². The van der Waals surface area contributed by atoms with Crippen LogP contribution in [0, 0.1) is 5.92 Å². The number of amides is 2. The first-order chi connectivity index (χ1) is 12.2. The fourth-order valence-corrected chi connectivity index (χ4v) is 2.62. The molecule has 1 fully saturated rings. The smallest absolute Gasteiger partial charge is 0.273 e. The molecule has 1 aliphatic carbocycles. The number of carbonyl (C=O) groups excluding carboxylic acids is 2. The Balaban J connectivity index is 1.63. The average Bonchev–Trinajstić information content (AvgIpc) is 3.36. The third-order valence-corrected chi connectivity index (χ3v) is 4.19. The van der Waals surface area contributed by atoms with Crippen LogP contribution in [0.1, 0.15) is 52.8 Å². The normalized spacial score (nSPS) is 13.5. The third kappa shape index (κ3) is 4.68. The van der Waals surface area contributed by atoms with Gasteiger partial charge in [0.2, 0.25) is 0 Å². The Labute approximate surface area is 147 Å². The molecule has 1 aliphatic rings. The molecule has 0 atom stereocenters. The summed E-state index contributed by atoms with van der Waals surface area (Å²) in [6.45, 7) is 3.61. The summed E-state index contributed by atoms with van der Waals surface area (Å²) < 4.78 is 5.27. The van der Waals surface area contributed by atoms with Crippen molar-refractivity contribution in [1.29, 1.82) is 0 Å². The highest BCUT2D eigenvalue weighted by Gasteiger charge is 2.23. The molecule has 1 aromatic heterocycles. The van der Waals surface area contributed by atoms with Crippen molar-refractivity contribution in [2.24, 2.45) is 5.92 Å². The van der Waals surface area contributed by atoms with Gasteiger partial charge in [0.1, 0.15) is 0 Å². The predicted molar refractivity (Wildman–Crippen MR) is 93.0 cm³/mol. The summed E-state index contributed by atoms with van der Waals surface area (Å²) in [5.74, 6) is 0.838. The van der Waals surface area contributed by atoms with Crippen LogP contribution in [-0.4, -0.2) is 35.0 Å². The highest BCUT2D eigenvalue weighted by Crippen LogP contribution is 2.27. The standard InChI is InChI=1S/C19H23N3O3/c1-2-10-22(19(24)15-6-4-3-5-7-15)13-16-11-17(21-25-16)18(23)20-12-14-8-9-14/h3-7,11,14H,2,8-10,12-13H2,1H3,(H,20,23). The minimum absolute atomic E-state index is 0.0569. The number of benzene rings is 1. The average molecular weight is 341 g/mol. The van der Waals surface area contributed by atoms with Gasteiger partial charge in [0.15, 0.2) is 11.5 Å². The summed E-state index contributed by atoms with van der Waals surface area (Å²) in [5, 5.41) is 6.69. The number of nitrogens with one attached hydrogen (secondary N) is 1. The van der Waals surface area contributed by atoms with Crippen LogP contribution in [0.15, 0.2) is 40.9 Å². The third-order valence-electron chi connectivity index (χ3n) is 4.19. The molecule has 25 heavy (non-hydrogen) atoms. The van der Waals surface area contributed by atoms with Gasteiger partial charge in [-0.2, -0.15) is 0 Å². The molecule has 1 saturated carbocycles. The van der Waals surface area contributed by atoms with E-state index in [1.165, 1.54) is 12.8 Å². The Morgan fingerprint density at radius 3 is 2.72 bits per heavy atom. The maximum absolute atomic E-state index is 12.6. The molecule has 1 aromatic carbocycles. The van der Waals surface area contributed by atoms with Crippen LogP contribution in [0.25, 0.3) is 0 Å². The van der Waals surface area contributed by atoms with E-state index in [-0.39, 0.29) is 17.5 Å². The summed E-state index contributed by atoms with van der Waals surface area (Å²) in [7, 11) is 0. The quantitative estimate of drug-likeness (QED) is 0.801. The van der Waals surface area contributed by atoms with Gasteiger partial charge >= 0.3 is 0 Å². The second kappa shape index (κ2) is 7.96. The van der Waals surface area contributed by atoms with Crippen molar-refractivity contribution in [3.8, 4) is 0 Å². The molecule has 3 rings (SSSR count). The van der Waals surface area contributed by atoms with Gasteiger partial charge in [-0.25, -0.2) is 0 Å². The molecule has 0 unspecified atom stereocenters. The SMILES string of the molecule is CCCN(Cc1cc(C(=O)NCC2CC2)no1)C(=O)c1ccccc1. The first-order valence-corrected chi connectivity index (χ1v) is 8.75. The van der Waals surface area contributed by atoms with Crippen molar-refractivity contribution in [2.45, 2.75) is 32.7 Å². The van der Waals surface area contributed by atoms with E-state index in [1.54, 1.807) is 23.1 Å². The molecule has 0 radical (unpaired) electrons. The number of rotatable bonds is 8. The molecule has 6 heteroatoms. The van der Waals surface area contributed by atoms with Crippen molar-refractivity contribution in [2.75, 3.05) is 13.1 Å². The van der Waals surface area contributed by atoms with E-state index < -0.39 is 0 Å². The van der Waals surface area contributed by atoms with Gasteiger partial charge in [-0.05, 0) is 37.3 Å². The van der Waals surface area contributed by atoms with E-state index in [0.29, 0.717) is 36.9 Å². The van der Waals surface area contributed by atoms with Crippen LogP contribution in [0.4, 0.5) is 0 Å². The molecule has 0 bridgehead atoms. The summed E-state index contributed by atoms with van der Waals surface area (Å²) in [4.78, 5) is 26.4. The molecular weight excluding hydrogens is 318 g/mol. The van der Waals surface area contributed by atoms with Crippen LogP contribution in [0.2, 0.25) is 0 Å². The second-order valence-corrected chi connectivity index (χ2v) is 6.42. The van der Waals surface area contributed by atoms with Gasteiger partial charge < -0.3 is 14.7 Å². The minimum atomic E-state index is -0.224. The lowest BCUT2D eigenvalue weighted by Gasteiger charge is -2.20. The zero-order chi connectivity index (χ0) is 17.6. The topological polar surface area (TPSA) is 75.4 Å². The fourth-order valence-electron chi connectivity index (χ4n) is 2.62. The maximum Gasteiger partial charge on any atom is 0.273 e. The Morgan fingerprint density at radius 2 is 2.04 bits per heavy atom. The summed E-state index contributed by atoms with van der Waals surface area (Å²) in [6.07, 6.45) is 3.19. The number of aromatic nitrogens is 1. The fraction of sp³-hybridized carbons (Fsp3) is 0.421. The van der Waals surface area contributed by atoms with E-state index in [9.17, 15) is 9.59 Å². The Morgan fingerprint density at radius 1 is 1.28 bits per heavy atom. The van der Waals surface area contributed by atoms with Crippen LogP contribution in [-0.2, 0) is 6.54 Å². The van der Waals surface area contributed by atoms with Crippen LogP contribution in [0.3, 0.4) is 0 Å². The largest absolute Gasteiger partial charge is 0.359 e. The molecule has 132 valence electrons. The van der Waals surface area contributed by atoms with Gasteiger partial charge in [-0.15, -0.1) is 0 Å². The summed E-state index contributed by atoms with van der Waals surface area (Å²) in [6, 6.07) is 10.8. The van der Waals surface area contributed by atoms with Crippen molar-refractivity contribution in [3.63, 3.8) is 0 Å². The molecule has 2 aromatic rings. The van der Waals surface area contributed by atoms with Crippen molar-refractivity contribution < 1.29 is 14.1 Å². The Kier molecular flexibility index (Phi) is 5.48. The van der Waals surface area contributed by atoms with E-state index >= 15 is 0 Å². The molecule has 0 spiro atoms. The molecule has 6 nitrogen and oxygen atoms in total. The lowest BCUT2D eigenvalue weighted by molar-refractivity contribution is 0.0727. The highest BCUT2D eigenvalue weighted by atomic mass is 16.5. The number of carbonyl (C=O) groups is 2. The summed E-state index contributed by atoms with van der Waals surface area (Å²) in [5.41, 5.74) is 0.900. The first kappa shape index (κ1) is 17.2. The molecule has 0 saturated heterocycles. The van der Waals surface area contributed by atoms with Crippen LogP contribution >= 0.6 is 0 Å². The number of hydrogen-bond acceptors (Lipinski definition) is 4. The highest BCUT2D eigenvalue weighted by molar-refractivity contribution is 5.94. The zero-order valence-corrected chi connectivity index (χ0v) is 14.4. The molecule has 1 heterocycles. The number of hydrogen-bond donors (Lipinski definition) is 1. The van der Waals surface area contributed by atoms with Crippen molar-refractivity contribution in [1.82, 2.24) is 15.4 Å². The van der Waals surface area contributed by atoms with E-state index in [4.69, 9.17) is 4.52 Å². The van der Waals surface area contributed by atoms with Crippen molar-refractivity contribution >= 4 is 11.8 Å². The van der Waals surface area contributed by atoms with Crippen LogP contribution < -0.4 is 5.32 Å². The summed E-state index contributed by atoms with van der Waals surface area (Å²) >= 11 is 0. The minimum Gasteiger partial charge on any atom is -0.359 e. The van der Waals surface area contributed by atoms with Crippen molar-refractivity contribution in [3.05, 3.63) is 53.4 Å². The first-order valence-electron chi connectivity index (χ1n) is 8.75. The molecule has 1 N–H and O–H groups in total. The monoisotopic (exact) mass is 341 g/mol. The van der Waals surface area contributed by atoms with E-state index in [1.807, 2.05) is 25.1 Å². The lowest BCUT2D eigenvalue weighted by atomic mass is 10.2. The molecule has 0 aliphatic heterocycles. The molecular formula is C19H23N3O3. The Bertz CT molecular complexity index is 723. The van der Waals surface area contributed by atoms with Gasteiger partial charge in [0.25, 0.3) is 11.8 Å². The zero-order valence-electron chi connectivity index (χ0n) is 14.4. The van der Waals surface area contributed by atoms with E-state index in [2.05, 4.69) is 10.5 Å². The predicted octanol–water partition coefficient (Wildman–Crippen LogP) is 2.87. The van der Waals surface area contributed by atoms with E-state index in [0.717, 1.165) is 6.42 Å². The van der Waals surface area contributed by atoms with Crippen LogP contribution in [0.5, 0.6) is 0 Å². The van der Waals surface area contributed by atoms with Gasteiger partial charge in [0, 0.05) is 24.7 Å². The Hall–Kier alpha value is -2.63. The maximum atomic E-state index is 12.6. The lowest BCUT2D eigenvalue weighted by Crippen LogP contribution is -2.31. The molecule has 2 amide bonds. The second-order valence-electron chi connectivity index (χ2n) is 6.42. The van der Waals surface area contributed by atoms with Gasteiger partial charge in [-0.1, -0.05) is 30.3 Å². The number of nitrogens with zero attached hydrogens (tertiary/aromatic N) is 2.